The second-order valence-electron chi connectivity index (χ2n) is 4.52. The van der Waals surface area contributed by atoms with Crippen LogP contribution >= 0.6 is 0 Å². The van der Waals surface area contributed by atoms with Gasteiger partial charge in [0.1, 0.15) is 11.6 Å². The van der Waals surface area contributed by atoms with Crippen molar-refractivity contribution in [1.82, 2.24) is 0 Å². The van der Waals surface area contributed by atoms with Crippen LogP contribution in [0.3, 0.4) is 0 Å². The first-order valence-corrected chi connectivity index (χ1v) is 6.43. The second-order valence-corrected chi connectivity index (χ2v) is 4.52. The first kappa shape index (κ1) is 13.1. The molecule has 0 aliphatic carbocycles. The number of furan rings is 1. The fourth-order valence-electron chi connectivity index (χ4n) is 1.99. The van der Waals surface area contributed by atoms with Gasteiger partial charge in [0.05, 0.1) is 6.26 Å². The monoisotopic (exact) mass is 281 g/mol. The van der Waals surface area contributed by atoms with Crippen molar-refractivity contribution in [2.24, 2.45) is 0 Å². The van der Waals surface area contributed by atoms with Crippen LogP contribution in [-0.4, -0.2) is 5.91 Å². The molecule has 0 radical (unpaired) electrons. The van der Waals surface area contributed by atoms with Crippen LogP contribution in [-0.2, 0) is 0 Å². The lowest BCUT2D eigenvalue weighted by atomic mass is 10.1. The molecular formula is C17H12FNO2. The van der Waals surface area contributed by atoms with Gasteiger partial charge in [0.25, 0.3) is 5.91 Å². The molecule has 0 aliphatic rings. The topological polar surface area (TPSA) is 42.2 Å². The Morgan fingerprint density at radius 2 is 1.81 bits per heavy atom. The number of benzene rings is 2. The molecule has 1 heterocycles. The molecule has 0 aliphatic heterocycles. The van der Waals surface area contributed by atoms with Crippen LogP contribution in [0.2, 0.25) is 0 Å². The van der Waals surface area contributed by atoms with Crippen molar-refractivity contribution in [3.05, 3.63) is 78.3 Å². The standard InChI is InChI=1S/C17H12FNO2/c18-14-6-8-15(9-7-14)19-17(20)13-4-1-3-12(11-13)16-5-2-10-21-16/h1-11H,(H,19,20). The largest absolute Gasteiger partial charge is 0.464 e. The lowest BCUT2D eigenvalue weighted by Crippen LogP contribution is -2.11. The minimum atomic E-state index is -0.340. The summed E-state index contributed by atoms with van der Waals surface area (Å²) in [5.74, 6) is 0.106. The van der Waals surface area contributed by atoms with Gasteiger partial charge < -0.3 is 9.73 Å². The van der Waals surface area contributed by atoms with E-state index in [9.17, 15) is 9.18 Å². The third-order valence-electron chi connectivity index (χ3n) is 3.03. The van der Waals surface area contributed by atoms with E-state index in [1.54, 1.807) is 30.5 Å². The molecule has 0 saturated carbocycles. The zero-order valence-corrected chi connectivity index (χ0v) is 11.0. The predicted molar refractivity (Wildman–Crippen MR) is 78.5 cm³/mol. The van der Waals surface area contributed by atoms with Gasteiger partial charge in [-0.15, -0.1) is 0 Å². The summed E-state index contributed by atoms with van der Waals surface area (Å²) in [5.41, 5.74) is 1.88. The van der Waals surface area contributed by atoms with Crippen molar-refractivity contribution in [2.75, 3.05) is 5.32 Å². The van der Waals surface area contributed by atoms with Crippen molar-refractivity contribution >= 4 is 11.6 Å². The highest BCUT2D eigenvalue weighted by molar-refractivity contribution is 6.04. The van der Waals surface area contributed by atoms with Crippen LogP contribution in [0.1, 0.15) is 10.4 Å². The SMILES string of the molecule is O=C(Nc1ccc(F)cc1)c1cccc(-c2ccco2)c1. The van der Waals surface area contributed by atoms with E-state index in [2.05, 4.69) is 5.32 Å². The van der Waals surface area contributed by atoms with E-state index >= 15 is 0 Å². The van der Waals surface area contributed by atoms with Crippen LogP contribution in [0.15, 0.2) is 71.3 Å². The highest BCUT2D eigenvalue weighted by Gasteiger charge is 2.08. The Hall–Kier alpha value is -2.88. The summed E-state index contributed by atoms with van der Waals surface area (Å²) in [6.07, 6.45) is 1.58. The van der Waals surface area contributed by atoms with Crippen LogP contribution in [0.5, 0.6) is 0 Å². The Morgan fingerprint density at radius 3 is 2.52 bits per heavy atom. The zero-order chi connectivity index (χ0) is 14.7. The number of carbonyl (C=O) groups is 1. The van der Waals surface area contributed by atoms with E-state index in [1.807, 2.05) is 12.1 Å². The van der Waals surface area contributed by atoms with Gasteiger partial charge in [0.2, 0.25) is 0 Å². The van der Waals surface area contributed by atoms with E-state index in [4.69, 9.17) is 4.42 Å². The molecule has 4 heteroatoms. The normalized spacial score (nSPS) is 10.3. The predicted octanol–water partition coefficient (Wildman–Crippen LogP) is 4.34. The van der Waals surface area contributed by atoms with E-state index in [-0.39, 0.29) is 11.7 Å². The van der Waals surface area contributed by atoms with Crippen molar-refractivity contribution in [2.45, 2.75) is 0 Å². The van der Waals surface area contributed by atoms with Crippen molar-refractivity contribution in [3.63, 3.8) is 0 Å². The van der Waals surface area contributed by atoms with Crippen molar-refractivity contribution in [1.29, 1.82) is 0 Å². The average Bonchev–Trinajstić information content (AvgIpc) is 3.04. The maximum atomic E-state index is 12.8. The molecule has 1 amide bonds. The molecule has 0 spiro atoms. The summed E-state index contributed by atoms with van der Waals surface area (Å²) in [5, 5.41) is 2.72. The van der Waals surface area contributed by atoms with Crippen LogP contribution in [0.4, 0.5) is 10.1 Å². The minimum absolute atomic E-state index is 0.255. The van der Waals surface area contributed by atoms with Gasteiger partial charge in [0.15, 0.2) is 0 Å². The molecule has 0 fully saturated rings. The fourth-order valence-corrected chi connectivity index (χ4v) is 1.99. The number of hydrogen-bond donors (Lipinski definition) is 1. The van der Waals surface area contributed by atoms with E-state index in [0.717, 1.165) is 5.56 Å². The number of hydrogen-bond acceptors (Lipinski definition) is 2. The molecular weight excluding hydrogens is 269 g/mol. The van der Waals surface area contributed by atoms with Crippen LogP contribution in [0, 0.1) is 5.82 Å². The Labute approximate surface area is 121 Å². The maximum absolute atomic E-state index is 12.8. The van der Waals surface area contributed by atoms with Crippen LogP contribution in [0.25, 0.3) is 11.3 Å². The molecule has 0 atom stereocenters. The Kier molecular flexibility index (Phi) is 3.51. The number of anilines is 1. The zero-order valence-electron chi connectivity index (χ0n) is 11.0. The minimum Gasteiger partial charge on any atom is -0.464 e. The first-order valence-electron chi connectivity index (χ1n) is 6.43. The summed E-state index contributed by atoms with van der Waals surface area (Å²) in [6.45, 7) is 0. The molecule has 104 valence electrons. The summed E-state index contributed by atoms with van der Waals surface area (Å²) >= 11 is 0. The molecule has 1 N–H and O–H groups in total. The second kappa shape index (κ2) is 5.63. The molecule has 0 saturated heterocycles. The van der Waals surface area contributed by atoms with Crippen molar-refractivity contribution < 1.29 is 13.6 Å². The van der Waals surface area contributed by atoms with E-state index in [1.165, 1.54) is 24.3 Å². The summed E-state index contributed by atoms with van der Waals surface area (Å²) < 4.78 is 18.1. The Balaban J connectivity index is 1.81. The van der Waals surface area contributed by atoms with Gasteiger partial charge in [-0.1, -0.05) is 12.1 Å². The highest BCUT2D eigenvalue weighted by atomic mass is 19.1. The molecule has 2 aromatic carbocycles. The maximum Gasteiger partial charge on any atom is 0.255 e. The molecule has 0 bridgehead atoms. The molecule has 3 nitrogen and oxygen atoms in total. The average molecular weight is 281 g/mol. The van der Waals surface area contributed by atoms with Gasteiger partial charge in [-0.25, -0.2) is 4.39 Å². The number of amides is 1. The molecule has 3 aromatic rings. The van der Waals surface area contributed by atoms with Gasteiger partial charge in [-0.05, 0) is 48.5 Å². The third-order valence-corrected chi connectivity index (χ3v) is 3.03. The first-order chi connectivity index (χ1) is 10.2. The van der Waals surface area contributed by atoms with Gasteiger partial charge in [-0.2, -0.15) is 0 Å². The van der Waals surface area contributed by atoms with Crippen LogP contribution < -0.4 is 5.32 Å². The summed E-state index contributed by atoms with van der Waals surface area (Å²) in [7, 11) is 0. The molecule has 0 unspecified atom stereocenters. The fraction of sp³-hybridized carbons (Fsp3) is 0. The Bertz CT molecular complexity index is 749. The number of halogens is 1. The van der Waals surface area contributed by atoms with Gasteiger partial charge >= 0.3 is 0 Å². The van der Waals surface area contributed by atoms with Crippen molar-refractivity contribution in [3.8, 4) is 11.3 Å². The number of carbonyl (C=O) groups excluding carboxylic acids is 1. The quantitative estimate of drug-likeness (QED) is 0.776. The van der Waals surface area contributed by atoms with E-state index < -0.39 is 0 Å². The number of rotatable bonds is 3. The van der Waals surface area contributed by atoms with E-state index in [0.29, 0.717) is 17.0 Å². The number of nitrogens with one attached hydrogen (secondary N) is 1. The van der Waals surface area contributed by atoms with Gasteiger partial charge in [-0.3, -0.25) is 4.79 Å². The molecule has 1 aromatic heterocycles. The summed E-state index contributed by atoms with van der Waals surface area (Å²) in [4.78, 5) is 12.2. The lowest BCUT2D eigenvalue weighted by Gasteiger charge is -2.06. The van der Waals surface area contributed by atoms with Gasteiger partial charge in [0, 0.05) is 16.8 Å². The molecule has 3 rings (SSSR count). The third kappa shape index (κ3) is 3.00. The Morgan fingerprint density at radius 1 is 1.00 bits per heavy atom. The smallest absolute Gasteiger partial charge is 0.255 e. The summed E-state index contributed by atoms with van der Waals surface area (Å²) in [6, 6.07) is 16.4. The molecule has 21 heavy (non-hydrogen) atoms. The lowest BCUT2D eigenvalue weighted by molar-refractivity contribution is 0.102. The highest BCUT2D eigenvalue weighted by Crippen LogP contribution is 2.21.